The lowest BCUT2D eigenvalue weighted by atomic mass is 10.2. The third-order valence-electron chi connectivity index (χ3n) is 3.05. The molecule has 0 saturated heterocycles. The molecule has 1 aromatic rings. The summed E-state index contributed by atoms with van der Waals surface area (Å²) >= 11 is 0. The number of benzene rings is 1. The van der Waals surface area contributed by atoms with E-state index in [1.807, 2.05) is 31.2 Å². The molecule has 0 fully saturated rings. The fourth-order valence-corrected chi connectivity index (χ4v) is 1.83. The maximum absolute atomic E-state index is 5.98. The van der Waals surface area contributed by atoms with Gasteiger partial charge in [-0.2, -0.15) is 0 Å². The Morgan fingerprint density at radius 1 is 1.14 bits per heavy atom. The molecule has 1 aromatic carbocycles. The van der Waals surface area contributed by atoms with Crippen molar-refractivity contribution in [2.45, 2.75) is 20.8 Å². The van der Waals surface area contributed by atoms with Gasteiger partial charge in [0.1, 0.15) is 11.6 Å². The minimum atomic E-state index is 0. The highest BCUT2D eigenvalue weighted by Crippen LogP contribution is 2.11. The summed E-state index contributed by atoms with van der Waals surface area (Å²) in [5.41, 5.74) is 6.93. The van der Waals surface area contributed by atoms with Gasteiger partial charge in [0.05, 0.1) is 13.2 Å². The van der Waals surface area contributed by atoms with E-state index in [2.05, 4.69) is 23.7 Å². The predicted molar refractivity (Wildman–Crippen MR) is 91.9 cm³/mol. The van der Waals surface area contributed by atoms with Crippen LogP contribution in [0.4, 0.5) is 0 Å². The predicted octanol–water partition coefficient (Wildman–Crippen LogP) is 1.73. The van der Waals surface area contributed by atoms with Crippen molar-refractivity contribution in [2.75, 3.05) is 32.8 Å². The summed E-state index contributed by atoms with van der Waals surface area (Å²) in [5, 5.41) is 0. The van der Waals surface area contributed by atoms with Crippen molar-refractivity contribution >= 4 is 18.2 Å². The standard InChI is InChI=1S/C15H25N3O.ClH.H2O/c1-4-18(5-2)12-11-17-15(16)13-7-9-14(10-8-13)19-6-3;;/h7-10H,4-6,11-12H2,1-3H3,(H2,16,17);1H;1H2. The number of rotatable bonds is 8. The van der Waals surface area contributed by atoms with Crippen LogP contribution in [0.5, 0.6) is 5.75 Å². The van der Waals surface area contributed by atoms with E-state index in [1.54, 1.807) is 0 Å². The van der Waals surface area contributed by atoms with Gasteiger partial charge < -0.3 is 20.8 Å². The van der Waals surface area contributed by atoms with Crippen LogP contribution in [0.2, 0.25) is 0 Å². The van der Waals surface area contributed by atoms with Crippen LogP contribution in [0, 0.1) is 0 Å². The summed E-state index contributed by atoms with van der Waals surface area (Å²) in [6.45, 7) is 10.7. The minimum absolute atomic E-state index is 0. The molecule has 0 bridgehead atoms. The second-order valence-corrected chi connectivity index (χ2v) is 4.25. The van der Waals surface area contributed by atoms with Crippen molar-refractivity contribution in [2.24, 2.45) is 10.7 Å². The summed E-state index contributed by atoms with van der Waals surface area (Å²) < 4.78 is 5.39. The molecule has 1 rings (SSSR count). The Kier molecular flexibility index (Phi) is 13.0. The Morgan fingerprint density at radius 2 is 1.71 bits per heavy atom. The third-order valence-corrected chi connectivity index (χ3v) is 3.05. The van der Waals surface area contributed by atoms with Gasteiger partial charge in [0.15, 0.2) is 0 Å². The number of nitrogens with two attached hydrogens (primary N) is 1. The third kappa shape index (κ3) is 7.90. The highest BCUT2D eigenvalue weighted by atomic mass is 35.5. The molecule has 0 unspecified atom stereocenters. The number of nitrogens with zero attached hydrogens (tertiary/aromatic N) is 2. The monoisotopic (exact) mass is 317 g/mol. The normalized spacial score (nSPS) is 10.8. The van der Waals surface area contributed by atoms with E-state index in [0.29, 0.717) is 12.4 Å². The van der Waals surface area contributed by atoms with Gasteiger partial charge >= 0.3 is 0 Å². The van der Waals surface area contributed by atoms with Crippen LogP contribution in [0.1, 0.15) is 26.3 Å². The van der Waals surface area contributed by atoms with Crippen LogP contribution in [0.25, 0.3) is 0 Å². The lowest BCUT2D eigenvalue weighted by Crippen LogP contribution is -2.26. The molecule has 0 aromatic heterocycles. The van der Waals surface area contributed by atoms with Crippen molar-refractivity contribution in [3.63, 3.8) is 0 Å². The molecule has 0 atom stereocenters. The lowest BCUT2D eigenvalue weighted by Gasteiger charge is -2.16. The Hall–Kier alpha value is -1.30. The van der Waals surface area contributed by atoms with E-state index < -0.39 is 0 Å². The maximum atomic E-state index is 5.98. The second kappa shape index (κ2) is 12.4. The minimum Gasteiger partial charge on any atom is -0.494 e. The molecule has 0 aliphatic carbocycles. The van der Waals surface area contributed by atoms with E-state index >= 15 is 0 Å². The van der Waals surface area contributed by atoms with Crippen molar-refractivity contribution in [1.29, 1.82) is 0 Å². The van der Waals surface area contributed by atoms with Crippen LogP contribution in [0.15, 0.2) is 29.3 Å². The topological polar surface area (TPSA) is 82.3 Å². The van der Waals surface area contributed by atoms with E-state index in [9.17, 15) is 0 Å². The average Bonchev–Trinajstić information content (AvgIpc) is 2.44. The Bertz CT molecular complexity index is 392. The van der Waals surface area contributed by atoms with Crippen LogP contribution in [-0.4, -0.2) is 49.0 Å². The van der Waals surface area contributed by atoms with Gasteiger partial charge in [-0.3, -0.25) is 4.99 Å². The summed E-state index contributed by atoms with van der Waals surface area (Å²) in [7, 11) is 0. The second-order valence-electron chi connectivity index (χ2n) is 4.25. The highest BCUT2D eigenvalue weighted by Gasteiger charge is 2.00. The average molecular weight is 318 g/mol. The highest BCUT2D eigenvalue weighted by molar-refractivity contribution is 5.97. The van der Waals surface area contributed by atoms with E-state index in [-0.39, 0.29) is 17.9 Å². The molecule has 0 aliphatic heterocycles. The molecule has 0 radical (unpaired) electrons. The molecule has 6 heteroatoms. The molecular weight excluding hydrogens is 290 g/mol. The molecular formula is C15H28ClN3O2. The molecule has 21 heavy (non-hydrogen) atoms. The molecule has 0 saturated carbocycles. The van der Waals surface area contributed by atoms with Gasteiger partial charge in [-0.25, -0.2) is 0 Å². The quantitative estimate of drug-likeness (QED) is 0.585. The van der Waals surface area contributed by atoms with Crippen molar-refractivity contribution < 1.29 is 10.2 Å². The van der Waals surface area contributed by atoms with Gasteiger partial charge in [-0.15, -0.1) is 12.4 Å². The van der Waals surface area contributed by atoms with E-state index in [1.165, 1.54) is 0 Å². The van der Waals surface area contributed by atoms with E-state index in [0.717, 1.165) is 37.5 Å². The summed E-state index contributed by atoms with van der Waals surface area (Å²) in [4.78, 5) is 6.75. The molecule has 0 aliphatic rings. The Labute approximate surface area is 133 Å². The van der Waals surface area contributed by atoms with Gasteiger partial charge in [-0.1, -0.05) is 13.8 Å². The van der Waals surface area contributed by atoms with Gasteiger partial charge in [0.25, 0.3) is 0 Å². The Morgan fingerprint density at radius 3 is 2.19 bits per heavy atom. The van der Waals surface area contributed by atoms with Crippen molar-refractivity contribution in [1.82, 2.24) is 4.90 Å². The molecule has 122 valence electrons. The number of halogens is 1. The zero-order valence-corrected chi connectivity index (χ0v) is 13.9. The molecule has 0 amide bonds. The van der Waals surface area contributed by atoms with Crippen LogP contribution in [0.3, 0.4) is 0 Å². The zero-order valence-electron chi connectivity index (χ0n) is 13.1. The first-order chi connectivity index (χ1) is 9.21. The first kappa shape index (κ1) is 22.0. The first-order valence-corrected chi connectivity index (χ1v) is 6.96. The molecule has 4 N–H and O–H groups in total. The largest absolute Gasteiger partial charge is 0.494 e. The summed E-state index contributed by atoms with van der Waals surface area (Å²) in [6, 6.07) is 7.74. The maximum Gasteiger partial charge on any atom is 0.125 e. The number of hydrogen-bond donors (Lipinski definition) is 1. The van der Waals surface area contributed by atoms with Gasteiger partial charge in [0, 0.05) is 12.1 Å². The van der Waals surface area contributed by atoms with E-state index in [4.69, 9.17) is 10.5 Å². The zero-order chi connectivity index (χ0) is 14.1. The number of hydrogen-bond acceptors (Lipinski definition) is 3. The fourth-order valence-electron chi connectivity index (χ4n) is 1.83. The molecule has 0 heterocycles. The van der Waals surface area contributed by atoms with Crippen LogP contribution in [-0.2, 0) is 0 Å². The first-order valence-electron chi connectivity index (χ1n) is 6.96. The SMILES string of the molecule is CCOc1ccc(C(N)=NCCN(CC)CC)cc1.Cl.O. The smallest absolute Gasteiger partial charge is 0.125 e. The number of ether oxygens (including phenoxy) is 1. The van der Waals surface area contributed by atoms with Crippen LogP contribution >= 0.6 is 12.4 Å². The Balaban J connectivity index is 0. The summed E-state index contributed by atoms with van der Waals surface area (Å²) in [5.74, 6) is 1.46. The number of aliphatic imine (C=N–C) groups is 1. The van der Waals surface area contributed by atoms with Crippen molar-refractivity contribution in [3.8, 4) is 5.75 Å². The number of amidine groups is 1. The lowest BCUT2D eigenvalue weighted by molar-refractivity contribution is 0.313. The van der Waals surface area contributed by atoms with Crippen LogP contribution < -0.4 is 10.5 Å². The molecule has 5 nitrogen and oxygen atoms in total. The molecule has 0 spiro atoms. The van der Waals surface area contributed by atoms with Gasteiger partial charge in [-0.05, 0) is 44.3 Å². The van der Waals surface area contributed by atoms with Gasteiger partial charge in [0.2, 0.25) is 0 Å². The summed E-state index contributed by atoms with van der Waals surface area (Å²) in [6.07, 6.45) is 0. The number of likely N-dealkylation sites (N-methyl/N-ethyl adjacent to an activating group) is 1. The fraction of sp³-hybridized carbons (Fsp3) is 0.533. The van der Waals surface area contributed by atoms with Crippen molar-refractivity contribution in [3.05, 3.63) is 29.8 Å².